The molecule has 0 bridgehead atoms. The third-order valence-electron chi connectivity index (χ3n) is 4.45. The summed E-state index contributed by atoms with van der Waals surface area (Å²) in [4.78, 5) is 0.354. The summed E-state index contributed by atoms with van der Waals surface area (Å²) in [5, 5.41) is 0. The van der Waals surface area contributed by atoms with Gasteiger partial charge < -0.3 is 4.74 Å². The fraction of sp³-hybridized carbons (Fsp3) is 0.368. The molecule has 0 saturated heterocycles. The van der Waals surface area contributed by atoms with E-state index in [-0.39, 0.29) is 6.04 Å². The van der Waals surface area contributed by atoms with Crippen molar-refractivity contribution in [3.8, 4) is 5.75 Å². The van der Waals surface area contributed by atoms with Crippen LogP contribution in [0.1, 0.15) is 30.5 Å². The van der Waals surface area contributed by atoms with E-state index in [1.54, 1.807) is 10.4 Å². The second-order valence-electron chi connectivity index (χ2n) is 6.30. The summed E-state index contributed by atoms with van der Waals surface area (Å²) in [6, 6.07) is 11.2. The van der Waals surface area contributed by atoms with E-state index in [4.69, 9.17) is 4.74 Å². The first-order valence-electron chi connectivity index (χ1n) is 8.22. The highest BCUT2D eigenvalue weighted by molar-refractivity contribution is 7.93. The van der Waals surface area contributed by atoms with Gasteiger partial charge in [0.05, 0.1) is 17.2 Å². The number of rotatable bonds is 4. The van der Waals surface area contributed by atoms with Gasteiger partial charge in [0.2, 0.25) is 0 Å². The molecule has 0 aromatic heterocycles. The Hall–Kier alpha value is -2.01. The molecule has 128 valence electrons. The van der Waals surface area contributed by atoms with Crippen LogP contribution in [0.2, 0.25) is 0 Å². The van der Waals surface area contributed by atoms with E-state index in [0.717, 1.165) is 29.0 Å². The zero-order valence-electron chi connectivity index (χ0n) is 14.5. The Kier molecular flexibility index (Phi) is 4.30. The average Bonchev–Trinajstić information content (AvgIpc) is 2.87. The smallest absolute Gasteiger partial charge is 0.264 e. The Morgan fingerprint density at radius 3 is 2.58 bits per heavy atom. The fourth-order valence-corrected chi connectivity index (χ4v) is 5.35. The summed E-state index contributed by atoms with van der Waals surface area (Å²) >= 11 is 0. The zero-order valence-corrected chi connectivity index (χ0v) is 15.4. The van der Waals surface area contributed by atoms with Gasteiger partial charge in [-0.25, -0.2) is 8.42 Å². The quantitative estimate of drug-likeness (QED) is 0.846. The number of sulfonamides is 1. The van der Waals surface area contributed by atoms with Gasteiger partial charge in [-0.1, -0.05) is 18.2 Å². The number of hydrogen-bond donors (Lipinski definition) is 0. The second kappa shape index (κ2) is 6.13. The number of para-hydroxylation sites is 1. The van der Waals surface area contributed by atoms with E-state index in [1.807, 2.05) is 58.0 Å². The summed E-state index contributed by atoms with van der Waals surface area (Å²) in [5.74, 6) is 0.740. The summed E-state index contributed by atoms with van der Waals surface area (Å²) in [7, 11) is -3.61. The lowest BCUT2D eigenvalue weighted by Crippen LogP contribution is -2.36. The van der Waals surface area contributed by atoms with Crippen LogP contribution < -0.4 is 9.04 Å². The molecule has 2 aromatic rings. The lowest BCUT2D eigenvalue weighted by molar-refractivity contribution is 0.337. The highest BCUT2D eigenvalue weighted by Gasteiger charge is 2.36. The molecule has 0 N–H and O–H groups in total. The summed E-state index contributed by atoms with van der Waals surface area (Å²) in [5.41, 5.74) is 3.41. The van der Waals surface area contributed by atoms with Crippen molar-refractivity contribution in [2.24, 2.45) is 0 Å². The van der Waals surface area contributed by atoms with Gasteiger partial charge in [0.15, 0.2) is 0 Å². The van der Waals surface area contributed by atoms with Gasteiger partial charge in [0.1, 0.15) is 5.75 Å². The lowest BCUT2D eigenvalue weighted by atomic mass is 10.1. The first kappa shape index (κ1) is 16.8. The van der Waals surface area contributed by atoms with Crippen LogP contribution in [-0.4, -0.2) is 21.1 Å². The van der Waals surface area contributed by atoms with Gasteiger partial charge in [-0.2, -0.15) is 0 Å². The molecule has 0 spiro atoms. The molecule has 0 unspecified atom stereocenters. The number of nitrogens with zero attached hydrogens (tertiary/aromatic N) is 1. The van der Waals surface area contributed by atoms with Crippen molar-refractivity contribution in [1.82, 2.24) is 0 Å². The Labute approximate surface area is 144 Å². The zero-order chi connectivity index (χ0) is 17.5. The maximum atomic E-state index is 13.3. The Bertz CT molecular complexity index is 874. The number of aryl methyl sites for hydroxylation is 2. The van der Waals surface area contributed by atoms with Gasteiger partial charge in [-0.05, 0) is 69.0 Å². The average molecular weight is 345 g/mol. The molecular formula is C19H23NO3S. The van der Waals surface area contributed by atoms with Crippen molar-refractivity contribution < 1.29 is 13.2 Å². The summed E-state index contributed by atoms with van der Waals surface area (Å²) in [6.45, 7) is 8.13. The Morgan fingerprint density at radius 2 is 1.88 bits per heavy atom. The van der Waals surface area contributed by atoms with Crippen LogP contribution in [0.3, 0.4) is 0 Å². The molecule has 0 saturated carbocycles. The van der Waals surface area contributed by atoms with Crippen LogP contribution >= 0.6 is 0 Å². The van der Waals surface area contributed by atoms with Crippen molar-refractivity contribution in [2.45, 2.75) is 45.1 Å². The number of hydrogen-bond acceptors (Lipinski definition) is 3. The molecule has 0 fully saturated rings. The molecule has 1 heterocycles. The number of anilines is 1. The lowest BCUT2D eigenvalue weighted by Gasteiger charge is -2.26. The van der Waals surface area contributed by atoms with Gasteiger partial charge in [0, 0.05) is 6.04 Å². The van der Waals surface area contributed by atoms with Crippen LogP contribution in [-0.2, 0) is 16.4 Å². The third kappa shape index (κ3) is 2.67. The van der Waals surface area contributed by atoms with Crippen molar-refractivity contribution in [3.05, 3.63) is 53.1 Å². The number of benzene rings is 2. The highest BCUT2D eigenvalue weighted by atomic mass is 32.2. The van der Waals surface area contributed by atoms with E-state index >= 15 is 0 Å². The van der Waals surface area contributed by atoms with Gasteiger partial charge in [-0.15, -0.1) is 0 Å². The molecular weight excluding hydrogens is 322 g/mol. The topological polar surface area (TPSA) is 46.6 Å². The molecule has 4 nitrogen and oxygen atoms in total. The van der Waals surface area contributed by atoms with Crippen LogP contribution in [0.15, 0.2) is 41.3 Å². The molecule has 2 aromatic carbocycles. The molecule has 24 heavy (non-hydrogen) atoms. The standard InChI is InChI=1S/C19H23NO3S/c1-5-23-18-10-14(3)19(11-13(18)2)24(21,22)20-15(4)12-16-8-6-7-9-17(16)20/h6-11,15H,5,12H2,1-4H3/t15-/m1/s1. The van der Waals surface area contributed by atoms with Crippen LogP contribution in [0.25, 0.3) is 0 Å². The van der Waals surface area contributed by atoms with Crippen molar-refractivity contribution >= 4 is 15.7 Å². The fourth-order valence-electron chi connectivity index (χ4n) is 3.36. The maximum Gasteiger partial charge on any atom is 0.264 e. The van der Waals surface area contributed by atoms with Crippen LogP contribution in [0.5, 0.6) is 5.75 Å². The predicted octanol–water partition coefficient (Wildman–Crippen LogP) is 3.84. The molecule has 1 aliphatic heterocycles. The molecule has 0 amide bonds. The first-order chi connectivity index (χ1) is 11.4. The van der Waals surface area contributed by atoms with Crippen molar-refractivity contribution in [2.75, 3.05) is 10.9 Å². The monoisotopic (exact) mass is 345 g/mol. The summed E-state index contributed by atoms with van der Waals surface area (Å²) < 4.78 is 33.8. The summed E-state index contributed by atoms with van der Waals surface area (Å²) in [6.07, 6.45) is 0.741. The highest BCUT2D eigenvalue weighted by Crippen LogP contribution is 2.38. The van der Waals surface area contributed by atoms with Crippen LogP contribution in [0, 0.1) is 13.8 Å². The Morgan fingerprint density at radius 1 is 1.17 bits per heavy atom. The van der Waals surface area contributed by atoms with E-state index in [0.29, 0.717) is 17.1 Å². The normalized spacial score (nSPS) is 17.0. The van der Waals surface area contributed by atoms with E-state index < -0.39 is 10.0 Å². The van der Waals surface area contributed by atoms with Gasteiger partial charge in [-0.3, -0.25) is 4.31 Å². The molecule has 0 radical (unpaired) electrons. The molecule has 1 atom stereocenters. The largest absolute Gasteiger partial charge is 0.494 e. The van der Waals surface area contributed by atoms with E-state index in [9.17, 15) is 8.42 Å². The molecule has 1 aliphatic rings. The minimum atomic E-state index is -3.61. The third-order valence-corrected chi connectivity index (χ3v) is 6.52. The molecule has 5 heteroatoms. The van der Waals surface area contributed by atoms with E-state index in [2.05, 4.69) is 0 Å². The van der Waals surface area contributed by atoms with E-state index in [1.165, 1.54) is 0 Å². The maximum absolute atomic E-state index is 13.3. The molecule has 0 aliphatic carbocycles. The van der Waals surface area contributed by atoms with Gasteiger partial charge in [0.25, 0.3) is 10.0 Å². The number of fused-ring (bicyclic) bond motifs is 1. The number of ether oxygens (including phenoxy) is 1. The minimum absolute atomic E-state index is 0.0846. The Balaban J connectivity index is 2.11. The van der Waals surface area contributed by atoms with Crippen molar-refractivity contribution in [3.63, 3.8) is 0 Å². The minimum Gasteiger partial charge on any atom is -0.494 e. The van der Waals surface area contributed by atoms with Crippen molar-refractivity contribution in [1.29, 1.82) is 0 Å². The van der Waals surface area contributed by atoms with Gasteiger partial charge >= 0.3 is 0 Å². The first-order valence-corrected chi connectivity index (χ1v) is 9.66. The SMILES string of the molecule is CCOc1cc(C)c(S(=O)(=O)N2c3ccccc3C[C@H]2C)cc1C. The van der Waals surface area contributed by atoms with Crippen LogP contribution in [0.4, 0.5) is 5.69 Å². The second-order valence-corrected chi connectivity index (χ2v) is 8.08. The molecule has 3 rings (SSSR count). The predicted molar refractivity (Wildman–Crippen MR) is 96.4 cm³/mol.